The fourth-order valence-electron chi connectivity index (χ4n) is 1.62. The fraction of sp³-hybridized carbons (Fsp3) is 0.250. The predicted octanol–water partition coefficient (Wildman–Crippen LogP) is 1.00. The van der Waals surface area contributed by atoms with Crippen LogP contribution >= 0.6 is 0 Å². The SMILES string of the molecule is O=C(O)C1CN(S(=O)(=O)C=Cc2ccccc2)C1. The van der Waals surface area contributed by atoms with Crippen LogP contribution < -0.4 is 0 Å². The van der Waals surface area contributed by atoms with E-state index >= 15 is 0 Å². The Balaban J connectivity index is 2.01. The molecule has 1 aromatic carbocycles. The van der Waals surface area contributed by atoms with Crippen molar-refractivity contribution in [3.63, 3.8) is 0 Å². The van der Waals surface area contributed by atoms with Gasteiger partial charge in [-0.05, 0) is 11.6 Å². The van der Waals surface area contributed by atoms with E-state index in [1.165, 1.54) is 6.08 Å². The van der Waals surface area contributed by atoms with Crippen LogP contribution in [0.25, 0.3) is 6.08 Å². The van der Waals surface area contributed by atoms with E-state index in [1.807, 2.05) is 18.2 Å². The lowest BCUT2D eigenvalue weighted by molar-refractivity contribution is -0.145. The van der Waals surface area contributed by atoms with Crippen molar-refractivity contribution < 1.29 is 18.3 Å². The minimum absolute atomic E-state index is 0.0524. The number of sulfonamides is 1. The summed E-state index contributed by atoms with van der Waals surface area (Å²) in [4.78, 5) is 10.6. The van der Waals surface area contributed by atoms with Crippen LogP contribution in [0.3, 0.4) is 0 Å². The molecule has 0 aromatic heterocycles. The average Bonchev–Trinajstić information content (AvgIpc) is 2.25. The van der Waals surface area contributed by atoms with Crippen LogP contribution in [0.2, 0.25) is 0 Å². The van der Waals surface area contributed by atoms with E-state index in [4.69, 9.17) is 5.11 Å². The van der Waals surface area contributed by atoms with Gasteiger partial charge in [0, 0.05) is 18.5 Å². The molecule has 1 saturated heterocycles. The summed E-state index contributed by atoms with van der Waals surface area (Å²) in [7, 11) is -3.50. The number of aliphatic carboxylic acids is 1. The van der Waals surface area contributed by atoms with Crippen molar-refractivity contribution in [2.75, 3.05) is 13.1 Å². The maximum atomic E-state index is 11.8. The Morgan fingerprint density at radius 3 is 2.44 bits per heavy atom. The maximum Gasteiger partial charge on any atom is 0.309 e. The van der Waals surface area contributed by atoms with Crippen molar-refractivity contribution >= 4 is 22.1 Å². The second kappa shape index (κ2) is 4.91. The predicted molar refractivity (Wildman–Crippen MR) is 67.1 cm³/mol. The molecule has 0 aliphatic carbocycles. The minimum atomic E-state index is -3.50. The average molecular weight is 267 g/mol. The molecule has 0 atom stereocenters. The normalized spacial score (nSPS) is 17.8. The van der Waals surface area contributed by atoms with Gasteiger partial charge in [-0.25, -0.2) is 8.42 Å². The van der Waals surface area contributed by atoms with Crippen LogP contribution in [0.5, 0.6) is 0 Å². The van der Waals surface area contributed by atoms with Gasteiger partial charge in [-0.1, -0.05) is 30.3 Å². The van der Waals surface area contributed by atoms with Crippen LogP contribution in [0.4, 0.5) is 0 Å². The van der Waals surface area contributed by atoms with Crippen LogP contribution in [-0.4, -0.2) is 36.9 Å². The standard InChI is InChI=1S/C12H13NO4S/c14-12(15)11-8-13(9-11)18(16,17)7-6-10-4-2-1-3-5-10/h1-7,11H,8-9H2,(H,14,15). The highest BCUT2D eigenvalue weighted by Crippen LogP contribution is 2.21. The summed E-state index contributed by atoms with van der Waals surface area (Å²) < 4.78 is 24.8. The van der Waals surface area contributed by atoms with E-state index in [1.54, 1.807) is 12.1 Å². The summed E-state index contributed by atoms with van der Waals surface area (Å²) >= 11 is 0. The molecular formula is C12H13NO4S. The third-order valence-electron chi connectivity index (χ3n) is 2.79. The van der Waals surface area contributed by atoms with Gasteiger partial charge in [-0.2, -0.15) is 4.31 Å². The third-order valence-corrected chi connectivity index (χ3v) is 4.29. The van der Waals surface area contributed by atoms with E-state index in [2.05, 4.69) is 0 Å². The van der Waals surface area contributed by atoms with Gasteiger partial charge in [0.1, 0.15) is 0 Å². The van der Waals surface area contributed by atoms with E-state index < -0.39 is 21.9 Å². The first-order valence-corrected chi connectivity index (χ1v) is 6.95. The molecule has 1 aliphatic heterocycles. The molecule has 0 unspecified atom stereocenters. The summed E-state index contributed by atoms with van der Waals surface area (Å²) in [6, 6.07) is 9.07. The quantitative estimate of drug-likeness (QED) is 0.883. The van der Waals surface area contributed by atoms with Crippen molar-refractivity contribution in [1.82, 2.24) is 4.31 Å². The molecule has 2 rings (SSSR count). The molecule has 1 aromatic rings. The van der Waals surface area contributed by atoms with Gasteiger partial charge in [-0.15, -0.1) is 0 Å². The molecular weight excluding hydrogens is 254 g/mol. The molecule has 96 valence electrons. The summed E-state index contributed by atoms with van der Waals surface area (Å²) in [5.74, 6) is -1.53. The van der Waals surface area contributed by atoms with Crippen molar-refractivity contribution in [3.8, 4) is 0 Å². The smallest absolute Gasteiger partial charge is 0.309 e. The number of benzene rings is 1. The lowest BCUT2D eigenvalue weighted by atomic mass is 10.0. The number of hydrogen-bond donors (Lipinski definition) is 1. The zero-order valence-electron chi connectivity index (χ0n) is 9.56. The summed E-state index contributed by atoms with van der Waals surface area (Å²) in [5.41, 5.74) is 0.788. The van der Waals surface area contributed by atoms with Crippen molar-refractivity contribution in [3.05, 3.63) is 41.3 Å². The number of hydrogen-bond acceptors (Lipinski definition) is 3. The number of carbonyl (C=O) groups is 1. The van der Waals surface area contributed by atoms with E-state index in [0.717, 1.165) is 15.3 Å². The molecule has 0 saturated carbocycles. The highest BCUT2D eigenvalue weighted by atomic mass is 32.2. The first-order chi connectivity index (χ1) is 8.49. The molecule has 0 amide bonds. The highest BCUT2D eigenvalue weighted by Gasteiger charge is 2.38. The Morgan fingerprint density at radius 2 is 1.89 bits per heavy atom. The minimum Gasteiger partial charge on any atom is -0.481 e. The third kappa shape index (κ3) is 2.77. The molecule has 0 spiro atoms. The number of carboxylic acids is 1. The zero-order chi connectivity index (χ0) is 13.2. The topological polar surface area (TPSA) is 74.7 Å². The van der Waals surface area contributed by atoms with Gasteiger partial charge >= 0.3 is 5.97 Å². The van der Waals surface area contributed by atoms with Gasteiger partial charge in [0.15, 0.2) is 0 Å². The summed E-state index contributed by atoms with van der Waals surface area (Å²) in [6.07, 6.45) is 1.50. The van der Waals surface area contributed by atoms with Gasteiger partial charge < -0.3 is 5.11 Å². The van der Waals surface area contributed by atoms with Crippen LogP contribution in [0.15, 0.2) is 35.7 Å². The molecule has 1 N–H and O–H groups in total. The zero-order valence-corrected chi connectivity index (χ0v) is 10.4. The fourth-order valence-corrected chi connectivity index (χ4v) is 2.89. The van der Waals surface area contributed by atoms with E-state index in [0.29, 0.717) is 0 Å². The monoisotopic (exact) mass is 267 g/mol. The largest absolute Gasteiger partial charge is 0.481 e. The molecule has 5 nitrogen and oxygen atoms in total. The molecule has 1 fully saturated rings. The lowest BCUT2D eigenvalue weighted by Gasteiger charge is -2.34. The second-order valence-corrected chi connectivity index (χ2v) is 5.93. The van der Waals surface area contributed by atoms with E-state index in [9.17, 15) is 13.2 Å². The Hall–Kier alpha value is -1.66. The Bertz CT molecular complexity index is 559. The second-order valence-electron chi connectivity index (χ2n) is 4.11. The Morgan fingerprint density at radius 1 is 1.28 bits per heavy atom. The molecule has 0 bridgehead atoms. The molecule has 0 radical (unpaired) electrons. The van der Waals surface area contributed by atoms with Gasteiger partial charge in [0.05, 0.1) is 5.92 Å². The van der Waals surface area contributed by atoms with Gasteiger partial charge in [0.2, 0.25) is 10.0 Å². The van der Waals surface area contributed by atoms with Gasteiger partial charge in [0.25, 0.3) is 0 Å². The number of rotatable bonds is 4. The summed E-state index contributed by atoms with van der Waals surface area (Å²) in [6.45, 7) is 0.105. The van der Waals surface area contributed by atoms with E-state index in [-0.39, 0.29) is 13.1 Å². The van der Waals surface area contributed by atoms with Crippen LogP contribution in [0, 0.1) is 5.92 Å². The molecule has 6 heteroatoms. The molecule has 1 aliphatic rings. The number of carboxylic acid groups (broad SMARTS) is 1. The van der Waals surface area contributed by atoms with Crippen molar-refractivity contribution in [1.29, 1.82) is 0 Å². The first-order valence-electron chi connectivity index (χ1n) is 5.45. The summed E-state index contributed by atoms with van der Waals surface area (Å²) in [5, 5.41) is 9.80. The van der Waals surface area contributed by atoms with Crippen molar-refractivity contribution in [2.45, 2.75) is 0 Å². The van der Waals surface area contributed by atoms with Crippen molar-refractivity contribution in [2.24, 2.45) is 5.92 Å². The van der Waals surface area contributed by atoms with Crippen LogP contribution in [0.1, 0.15) is 5.56 Å². The molecule has 1 heterocycles. The van der Waals surface area contributed by atoms with Crippen LogP contribution in [-0.2, 0) is 14.8 Å². The Labute approximate surface area is 105 Å². The highest BCUT2D eigenvalue weighted by molar-refractivity contribution is 7.92. The lowest BCUT2D eigenvalue weighted by Crippen LogP contribution is -2.52. The first kappa shape index (κ1) is 12.8. The molecule has 18 heavy (non-hydrogen) atoms. The van der Waals surface area contributed by atoms with Gasteiger partial charge in [-0.3, -0.25) is 4.79 Å². The maximum absolute atomic E-state index is 11.8. The Kier molecular flexibility index (Phi) is 3.49. The number of nitrogens with zero attached hydrogens (tertiary/aromatic N) is 1.